The van der Waals surface area contributed by atoms with E-state index >= 15 is 4.39 Å². The van der Waals surface area contributed by atoms with Crippen LogP contribution >= 0.6 is 22.9 Å². The number of carbonyl (C=O) groups is 1. The molecule has 0 fully saturated rings. The summed E-state index contributed by atoms with van der Waals surface area (Å²) in [7, 11) is -3.31. The van der Waals surface area contributed by atoms with Crippen LogP contribution in [-0.2, 0) is 10.0 Å². The second-order valence-corrected chi connectivity index (χ2v) is 10.6. The second-order valence-electron chi connectivity index (χ2n) is 7.50. The molecule has 10 nitrogen and oxygen atoms in total. The summed E-state index contributed by atoms with van der Waals surface area (Å²) in [4.78, 5) is 38.9. The molecule has 0 spiro atoms. The number of carboxylic acid groups (broad SMARTS) is 1. The molecule has 0 aliphatic carbocycles. The third-order valence-electron chi connectivity index (χ3n) is 5.47. The van der Waals surface area contributed by atoms with Crippen molar-refractivity contribution in [1.29, 1.82) is 0 Å². The van der Waals surface area contributed by atoms with Crippen LogP contribution < -0.4 is 16.0 Å². The fourth-order valence-electron chi connectivity index (χ4n) is 3.87. The van der Waals surface area contributed by atoms with Crippen molar-refractivity contribution in [2.75, 3.05) is 7.11 Å². The van der Waals surface area contributed by atoms with Crippen molar-refractivity contribution in [1.82, 2.24) is 13.5 Å². The highest BCUT2D eigenvalue weighted by Gasteiger charge is 2.28. The van der Waals surface area contributed by atoms with E-state index in [2.05, 4.69) is 4.98 Å². The van der Waals surface area contributed by atoms with E-state index in [4.69, 9.17) is 16.3 Å². The number of carboxylic acids is 1. The molecule has 184 valence electrons. The van der Waals surface area contributed by atoms with Crippen LogP contribution in [0.1, 0.15) is 9.67 Å². The number of aromatic nitrogens is 3. The molecule has 0 bridgehead atoms. The minimum atomic E-state index is -4.44. The average molecular weight is 550 g/mol. The lowest BCUT2D eigenvalue weighted by Gasteiger charge is -2.15. The van der Waals surface area contributed by atoms with Gasteiger partial charge in [0.1, 0.15) is 15.5 Å². The summed E-state index contributed by atoms with van der Waals surface area (Å²) in [5.41, 5.74) is -2.68. The highest BCUT2D eigenvalue weighted by Crippen LogP contribution is 2.32. The number of thiophene rings is 1. The normalized spacial score (nSPS) is 11.9. The summed E-state index contributed by atoms with van der Waals surface area (Å²) >= 11 is 6.70. The van der Waals surface area contributed by atoms with Gasteiger partial charge in [-0.05, 0) is 30.3 Å². The van der Waals surface area contributed by atoms with Crippen LogP contribution in [0.3, 0.4) is 0 Å². The Labute approximate surface area is 209 Å². The van der Waals surface area contributed by atoms with Crippen LogP contribution in [0.15, 0.2) is 62.5 Å². The Kier molecular flexibility index (Phi) is 5.50. The Hall–Kier alpha value is -3.94. The molecule has 3 heterocycles. The van der Waals surface area contributed by atoms with Crippen LogP contribution in [0.2, 0.25) is 5.02 Å². The Morgan fingerprint density at radius 1 is 1.19 bits per heavy atom. The van der Waals surface area contributed by atoms with Gasteiger partial charge in [0, 0.05) is 28.1 Å². The maximum absolute atomic E-state index is 15.2. The fourth-order valence-corrected chi connectivity index (χ4v) is 6.40. The molecule has 3 aromatic heterocycles. The van der Waals surface area contributed by atoms with Crippen molar-refractivity contribution >= 4 is 60.7 Å². The van der Waals surface area contributed by atoms with Gasteiger partial charge in [-0.2, -0.15) is 0 Å². The number of nitrogens with one attached hydrogen (secondary N) is 1. The number of rotatable bonds is 5. The van der Waals surface area contributed by atoms with E-state index in [0.29, 0.717) is 26.3 Å². The van der Waals surface area contributed by atoms with Gasteiger partial charge in [0.2, 0.25) is 0 Å². The predicted octanol–water partition coefficient (Wildman–Crippen LogP) is 3.43. The SMILES string of the molecule is COc1cc(F)c(-n2c(=O)[nH]c3csc(C(=O)O)c3c2=O)cc1S(=O)(=O)n1ccc2cc(Cl)ccc21. The minimum Gasteiger partial charge on any atom is -0.495 e. The van der Waals surface area contributed by atoms with E-state index in [1.165, 1.54) is 29.8 Å². The molecule has 36 heavy (non-hydrogen) atoms. The number of hydrogen-bond donors (Lipinski definition) is 2. The molecule has 0 saturated heterocycles. The molecular formula is C22H13ClFN3O7S2. The zero-order valence-electron chi connectivity index (χ0n) is 18.0. The third kappa shape index (κ3) is 3.51. The Balaban J connectivity index is 1.81. The predicted molar refractivity (Wildman–Crippen MR) is 131 cm³/mol. The van der Waals surface area contributed by atoms with E-state index < -0.39 is 43.6 Å². The Bertz CT molecular complexity index is 1950. The standard InChI is InChI=1S/C22H13ClFN3O7S2/c1-34-16-7-12(24)15(27-20(28)18-13(25-22(27)31)9-35-19(18)21(29)30)8-17(16)36(32,33)26-5-4-10-6-11(23)2-3-14(10)26/h2-9H,1H3,(H,25,31)(H,29,30). The monoisotopic (exact) mass is 549 g/mol. The van der Waals surface area contributed by atoms with Gasteiger partial charge in [-0.15, -0.1) is 11.3 Å². The Morgan fingerprint density at radius 3 is 2.64 bits per heavy atom. The molecule has 0 atom stereocenters. The number of ether oxygens (including phenoxy) is 1. The van der Waals surface area contributed by atoms with Gasteiger partial charge in [0.15, 0.2) is 5.82 Å². The van der Waals surface area contributed by atoms with Gasteiger partial charge in [-0.1, -0.05) is 11.6 Å². The summed E-state index contributed by atoms with van der Waals surface area (Å²) in [5.74, 6) is -2.93. The topological polar surface area (TPSA) is 140 Å². The molecule has 0 radical (unpaired) electrons. The number of halogens is 2. The maximum atomic E-state index is 15.2. The smallest absolute Gasteiger partial charge is 0.346 e. The van der Waals surface area contributed by atoms with Gasteiger partial charge in [-0.3, -0.25) is 4.79 Å². The van der Waals surface area contributed by atoms with Crippen molar-refractivity contribution in [3.8, 4) is 11.4 Å². The van der Waals surface area contributed by atoms with Gasteiger partial charge in [-0.25, -0.2) is 30.9 Å². The summed E-state index contributed by atoms with van der Waals surface area (Å²) in [6, 6.07) is 7.58. The zero-order chi connectivity index (χ0) is 25.9. The third-order valence-corrected chi connectivity index (χ3v) is 8.39. The molecular weight excluding hydrogens is 537 g/mol. The number of fused-ring (bicyclic) bond motifs is 2. The number of hydrogen-bond acceptors (Lipinski definition) is 7. The molecule has 0 unspecified atom stereocenters. The van der Waals surface area contributed by atoms with E-state index in [-0.39, 0.29) is 27.0 Å². The van der Waals surface area contributed by atoms with Gasteiger partial charge in [0.05, 0.1) is 29.2 Å². The second kappa shape index (κ2) is 8.33. The summed E-state index contributed by atoms with van der Waals surface area (Å²) < 4.78 is 48.8. The quantitative estimate of drug-likeness (QED) is 0.342. The van der Waals surface area contributed by atoms with Crippen molar-refractivity contribution < 1.29 is 27.4 Å². The van der Waals surface area contributed by atoms with Gasteiger partial charge < -0.3 is 14.8 Å². The first-order valence-electron chi connectivity index (χ1n) is 9.94. The molecule has 14 heteroatoms. The molecule has 0 amide bonds. The summed E-state index contributed by atoms with van der Waals surface area (Å²) in [6.45, 7) is 0. The molecule has 5 aromatic rings. The summed E-state index contributed by atoms with van der Waals surface area (Å²) in [5, 5.41) is 11.2. The highest BCUT2D eigenvalue weighted by molar-refractivity contribution is 7.90. The molecule has 5 rings (SSSR count). The van der Waals surface area contributed by atoms with E-state index in [0.717, 1.165) is 23.2 Å². The van der Waals surface area contributed by atoms with E-state index in [9.17, 15) is 27.9 Å². The lowest BCUT2D eigenvalue weighted by molar-refractivity contribution is 0.0704. The molecule has 2 aromatic carbocycles. The average Bonchev–Trinajstić information content (AvgIpc) is 3.44. The number of methoxy groups -OCH3 is 1. The summed E-state index contributed by atoms with van der Waals surface area (Å²) in [6.07, 6.45) is 1.27. The molecule has 0 aliphatic heterocycles. The first-order chi connectivity index (χ1) is 17.0. The minimum absolute atomic E-state index is 0.0390. The first-order valence-corrected chi connectivity index (χ1v) is 12.6. The Morgan fingerprint density at radius 2 is 1.94 bits per heavy atom. The number of aromatic amines is 1. The highest BCUT2D eigenvalue weighted by atomic mass is 35.5. The molecule has 0 saturated carbocycles. The molecule has 2 N–H and O–H groups in total. The lowest BCUT2D eigenvalue weighted by atomic mass is 10.2. The van der Waals surface area contributed by atoms with Crippen molar-refractivity contribution in [2.24, 2.45) is 0 Å². The van der Waals surface area contributed by atoms with Crippen LogP contribution in [0.25, 0.3) is 27.5 Å². The zero-order valence-corrected chi connectivity index (χ0v) is 20.4. The molecule has 0 aliphatic rings. The van der Waals surface area contributed by atoms with Crippen molar-refractivity contribution in [3.63, 3.8) is 0 Å². The van der Waals surface area contributed by atoms with Crippen molar-refractivity contribution in [2.45, 2.75) is 4.90 Å². The van der Waals surface area contributed by atoms with E-state index in [1.54, 1.807) is 6.07 Å². The number of nitrogens with zero attached hydrogens (tertiary/aromatic N) is 2. The van der Waals surface area contributed by atoms with E-state index in [1.807, 2.05) is 0 Å². The largest absolute Gasteiger partial charge is 0.495 e. The van der Waals surface area contributed by atoms with Crippen LogP contribution in [0, 0.1) is 5.82 Å². The lowest BCUT2D eigenvalue weighted by Crippen LogP contribution is -2.34. The van der Waals surface area contributed by atoms with Gasteiger partial charge in [0.25, 0.3) is 15.6 Å². The van der Waals surface area contributed by atoms with Crippen LogP contribution in [-0.4, -0.2) is 40.1 Å². The van der Waals surface area contributed by atoms with Gasteiger partial charge >= 0.3 is 11.7 Å². The number of aromatic carboxylic acids is 1. The van der Waals surface area contributed by atoms with Crippen LogP contribution in [0.5, 0.6) is 5.75 Å². The number of H-pyrrole nitrogens is 1. The maximum Gasteiger partial charge on any atom is 0.346 e. The van der Waals surface area contributed by atoms with Crippen molar-refractivity contribution in [3.05, 3.63) is 84.5 Å². The first kappa shape index (κ1) is 23.8. The van der Waals surface area contributed by atoms with Crippen LogP contribution in [0.4, 0.5) is 4.39 Å². The fraction of sp³-hybridized carbons (Fsp3) is 0.0455. The number of benzene rings is 2.